The van der Waals surface area contributed by atoms with Crippen LogP contribution >= 0.6 is 11.6 Å². The van der Waals surface area contributed by atoms with E-state index in [2.05, 4.69) is 5.10 Å². The maximum atomic E-state index is 12.6. The van der Waals surface area contributed by atoms with Crippen LogP contribution in [0.4, 0.5) is 19.0 Å². The van der Waals surface area contributed by atoms with Crippen molar-refractivity contribution < 1.29 is 17.9 Å². The Kier molecular flexibility index (Phi) is 5.43. The summed E-state index contributed by atoms with van der Waals surface area (Å²) in [5, 5.41) is 4.89. The van der Waals surface area contributed by atoms with E-state index in [1.165, 1.54) is 0 Å². The Balaban J connectivity index is 1.88. The van der Waals surface area contributed by atoms with Crippen molar-refractivity contribution in [3.05, 3.63) is 65.2 Å². The maximum Gasteiger partial charge on any atom is 0.414 e. The van der Waals surface area contributed by atoms with Crippen molar-refractivity contribution in [1.29, 1.82) is 0 Å². The smallest absolute Gasteiger partial charge is 0.382 e. The molecule has 0 radical (unpaired) electrons. The SMILES string of the molecule is CC(OCc1cccc(-c2cc(N)nn2-c2ccc(Cl)cc2)c1)C(F)(F)F. The molecular weight excluding hydrogens is 379 g/mol. The molecule has 0 saturated heterocycles. The van der Waals surface area contributed by atoms with Crippen LogP contribution in [0.2, 0.25) is 5.02 Å². The number of anilines is 1. The minimum Gasteiger partial charge on any atom is -0.382 e. The average molecular weight is 396 g/mol. The lowest BCUT2D eigenvalue weighted by atomic mass is 10.1. The van der Waals surface area contributed by atoms with Gasteiger partial charge in [0.1, 0.15) is 5.82 Å². The van der Waals surface area contributed by atoms with E-state index in [9.17, 15) is 13.2 Å². The Hall–Kier alpha value is -2.51. The van der Waals surface area contributed by atoms with Crippen LogP contribution in [0, 0.1) is 0 Å². The van der Waals surface area contributed by atoms with Gasteiger partial charge in [-0.25, -0.2) is 4.68 Å². The first-order chi connectivity index (χ1) is 12.7. The van der Waals surface area contributed by atoms with Crippen LogP contribution in [0.1, 0.15) is 12.5 Å². The number of alkyl halides is 3. The van der Waals surface area contributed by atoms with E-state index in [1.807, 2.05) is 6.07 Å². The van der Waals surface area contributed by atoms with Gasteiger partial charge < -0.3 is 10.5 Å². The standard InChI is InChI=1S/C19H17ClF3N3O/c1-12(19(21,22)23)27-11-13-3-2-4-14(9-13)17-10-18(24)25-26(17)16-7-5-15(20)6-8-16/h2-10,12H,11H2,1H3,(H2,24,25). The lowest BCUT2D eigenvalue weighted by Crippen LogP contribution is -2.28. The van der Waals surface area contributed by atoms with Gasteiger partial charge in [0.2, 0.25) is 0 Å². The predicted molar refractivity (Wildman–Crippen MR) is 98.7 cm³/mol. The van der Waals surface area contributed by atoms with E-state index >= 15 is 0 Å². The summed E-state index contributed by atoms with van der Waals surface area (Å²) in [4.78, 5) is 0. The molecule has 2 aromatic carbocycles. The van der Waals surface area contributed by atoms with Crippen LogP contribution in [-0.2, 0) is 11.3 Å². The molecule has 3 aromatic rings. The van der Waals surface area contributed by atoms with E-state index in [1.54, 1.807) is 53.2 Å². The van der Waals surface area contributed by atoms with Crippen molar-refractivity contribution in [2.24, 2.45) is 0 Å². The minimum atomic E-state index is -4.39. The topological polar surface area (TPSA) is 53.1 Å². The Labute approximate surface area is 159 Å². The first kappa shape index (κ1) is 19.3. The van der Waals surface area contributed by atoms with Gasteiger partial charge in [-0.15, -0.1) is 0 Å². The molecule has 0 aliphatic rings. The van der Waals surface area contributed by atoms with Gasteiger partial charge in [0.15, 0.2) is 6.10 Å². The molecule has 27 heavy (non-hydrogen) atoms. The third kappa shape index (κ3) is 4.61. The highest BCUT2D eigenvalue weighted by Crippen LogP contribution is 2.28. The Morgan fingerprint density at radius 2 is 1.85 bits per heavy atom. The lowest BCUT2D eigenvalue weighted by molar-refractivity contribution is -0.217. The summed E-state index contributed by atoms with van der Waals surface area (Å²) in [5.41, 5.74) is 8.71. The molecule has 2 N–H and O–H groups in total. The van der Waals surface area contributed by atoms with Crippen LogP contribution in [0.5, 0.6) is 0 Å². The van der Waals surface area contributed by atoms with Crippen LogP contribution in [0.25, 0.3) is 16.9 Å². The second kappa shape index (κ2) is 7.62. The van der Waals surface area contributed by atoms with E-state index in [0.29, 0.717) is 22.1 Å². The van der Waals surface area contributed by atoms with Crippen LogP contribution in [0.15, 0.2) is 54.6 Å². The number of hydrogen-bond donors (Lipinski definition) is 1. The van der Waals surface area contributed by atoms with Gasteiger partial charge in [0.05, 0.1) is 18.0 Å². The number of nitrogens with zero attached hydrogens (tertiary/aromatic N) is 2. The molecule has 0 amide bonds. The van der Waals surface area contributed by atoms with Gasteiger partial charge in [-0.1, -0.05) is 29.8 Å². The largest absolute Gasteiger partial charge is 0.414 e. The molecule has 1 heterocycles. The fourth-order valence-corrected chi connectivity index (χ4v) is 2.65. The average Bonchev–Trinajstić information content (AvgIpc) is 3.01. The number of halogens is 4. The zero-order chi connectivity index (χ0) is 19.6. The van der Waals surface area contributed by atoms with E-state index in [-0.39, 0.29) is 6.61 Å². The fourth-order valence-electron chi connectivity index (χ4n) is 2.52. The molecule has 0 bridgehead atoms. The van der Waals surface area contributed by atoms with Crippen LogP contribution < -0.4 is 5.73 Å². The van der Waals surface area contributed by atoms with Crippen molar-refractivity contribution in [3.63, 3.8) is 0 Å². The third-order valence-electron chi connectivity index (χ3n) is 3.98. The summed E-state index contributed by atoms with van der Waals surface area (Å²) in [6.07, 6.45) is -6.23. The van der Waals surface area contributed by atoms with Crippen molar-refractivity contribution in [2.45, 2.75) is 25.8 Å². The quantitative estimate of drug-likeness (QED) is 0.642. The van der Waals surface area contributed by atoms with Crippen LogP contribution in [-0.4, -0.2) is 22.1 Å². The molecular formula is C19H17ClF3N3O. The molecule has 1 aromatic heterocycles. The van der Waals surface area contributed by atoms with Crippen molar-refractivity contribution in [2.75, 3.05) is 5.73 Å². The van der Waals surface area contributed by atoms with Gasteiger partial charge in [0.25, 0.3) is 0 Å². The van der Waals surface area contributed by atoms with E-state index in [4.69, 9.17) is 22.1 Å². The molecule has 142 valence electrons. The van der Waals surface area contributed by atoms with Crippen LogP contribution in [0.3, 0.4) is 0 Å². The highest BCUT2D eigenvalue weighted by Gasteiger charge is 2.36. The zero-order valence-electron chi connectivity index (χ0n) is 14.4. The number of rotatable bonds is 5. The molecule has 0 aliphatic heterocycles. The summed E-state index contributed by atoms with van der Waals surface area (Å²) < 4.78 is 44.4. The summed E-state index contributed by atoms with van der Waals surface area (Å²) >= 11 is 5.93. The normalized spacial score (nSPS) is 12.9. The maximum absolute atomic E-state index is 12.6. The Morgan fingerprint density at radius 1 is 1.15 bits per heavy atom. The highest BCUT2D eigenvalue weighted by molar-refractivity contribution is 6.30. The van der Waals surface area contributed by atoms with Crippen molar-refractivity contribution in [3.8, 4) is 16.9 Å². The summed E-state index contributed by atoms with van der Waals surface area (Å²) in [6.45, 7) is 0.833. The second-order valence-electron chi connectivity index (χ2n) is 6.04. The number of nitrogen functional groups attached to an aromatic ring is 1. The minimum absolute atomic E-state index is 0.154. The number of nitrogens with two attached hydrogens (primary N) is 1. The first-order valence-electron chi connectivity index (χ1n) is 8.13. The van der Waals surface area contributed by atoms with Gasteiger partial charge in [0, 0.05) is 16.7 Å². The first-order valence-corrected chi connectivity index (χ1v) is 8.51. The molecule has 8 heteroatoms. The number of ether oxygens (including phenoxy) is 1. The molecule has 1 atom stereocenters. The second-order valence-corrected chi connectivity index (χ2v) is 6.47. The molecule has 1 unspecified atom stereocenters. The van der Waals surface area contributed by atoms with Gasteiger partial charge in [-0.05, 0) is 42.8 Å². The predicted octanol–water partition coefficient (Wildman–Crippen LogP) is 5.24. The van der Waals surface area contributed by atoms with Gasteiger partial charge in [-0.2, -0.15) is 18.3 Å². The van der Waals surface area contributed by atoms with Gasteiger partial charge in [-0.3, -0.25) is 0 Å². The number of benzene rings is 2. The molecule has 4 nitrogen and oxygen atoms in total. The highest BCUT2D eigenvalue weighted by atomic mass is 35.5. The lowest BCUT2D eigenvalue weighted by Gasteiger charge is -2.16. The molecule has 0 saturated carbocycles. The Morgan fingerprint density at radius 3 is 2.52 bits per heavy atom. The third-order valence-corrected chi connectivity index (χ3v) is 4.24. The van der Waals surface area contributed by atoms with E-state index < -0.39 is 12.3 Å². The number of hydrogen-bond acceptors (Lipinski definition) is 3. The Bertz CT molecular complexity index is 923. The zero-order valence-corrected chi connectivity index (χ0v) is 15.1. The molecule has 0 aliphatic carbocycles. The molecule has 0 spiro atoms. The van der Waals surface area contributed by atoms with Crippen molar-refractivity contribution >= 4 is 17.4 Å². The number of aromatic nitrogens is 2. The molecule has 0 fully saturated rings. The summed E-state index contributed by atoms with van der Waals surface area (Å²) in [7, 11) is 0. The summed E-state index contributed by atoms with van der Waals surface area (Å²) in [5.74, 6) is 0.326. The van der Waals surface area contributed by atoms with Crippen molar-refractivity contribution in [1.82, 2.24) is 9.78 Å². The summed E-state index contributed by atoms with van der Waals surface area (Å²) in [6, 6.07) is 15.8. The molecule has 3 rings (SSSR count). The van der Waals surface area contributed by atoms with E-state index in [0.717, 1.165) is 18.2 Å². The fraction of sp³-hybridized carbons (Fsp3) is 0.211. The monoisotopic (exact) mass is 395 g/mol. The van der Waals surface area contributed by atoms with Gasteiger partial charge >= 0.3 is 6.18 Å².